The fourth-order valence-electron chi connectivity index (χ4n) is 0.494. The summed E-state index contributed by atoms with van der Waals surface area (Å²) in [4.78, 5) is 2.60. The van der Waals surface area contributed by atoms with Crippen molar-refractivity contribution in [1.29, 1.82) is 0 Å². The van der Waals surface area contributed by atoms with Crippen molar-refractivity contribution in [2.24, 2.45) is 5.11 Å². The first-order valence-corrected chi connectivity index (χ1v) is 3.44. The summed E-state index contributed by atoms with van der Waals surface area (Å²) in [6, 6.07) is 0. The van der Waals surface area contributed by atoms with E-state index in [1.807, 2.05) is 6.92 Å². The quantitative estimate of drug-likeness (QED) is 0.370. The lowest BCUT2D eigenvalue weighted by Gasteiger charge is -1.77. The van der Waals surface area contributed by atoms with Gasteiger partial charge in [-0.2, -0.15) is 0 Å². The zero-order valence-corrected chi connectivity index (χ0v) is 6.17. The van der Waals surface area contributed by atoms with Gasteiger partial charge in [-0.1, -0.05) is 5.11 Å². The molecule has 0 bridgehead atoms. The molecule has 0 aromatic carbocycles. The Morgan fingerprint density at radius 1 is 1.70 bits per heavy atom. The number of azide groups is 1. The number of hydrogen-bond acceptors (Lipinski definition) is 4. The van der Waals surface area contributed by atoms with Gasteiger partial charge in [0.1, 0.15) is 10.0 Å². The molecule has 0 saturated carbocycles. The Hall–Kier alpha value is -1.13. The molecule has 0 N–H and O–H groups in total. The van der Waals surface area contributed by atoms with Crippen molar-refractivity contribution in [1.82, 2.24) is 10.2 Å². The van der Waals surface area contributed by atoms with Gasteiger partial charge in [0.15, 0.2) is 0 Å². The highest BCUT2D eigenvalue weighted by Crippen LogP contribution is 2.08. The highest BCUT2D eigenvalue weighted by Gasteiger charge is 1.95. The summed E-state index contributed by atoms with van der Waals surface area (Å²) in [6.45, 7) is 2.17. The monoisotopic (exact) mass is 155 g/mol. The molecule has 0 saturated heterocycles. The second kappa shape index (κ2) is 3.14. The standard InChI is InChI=1S/C4H5N5S/c1-3-7-8-4(10-3)2-6-9-5/h2H2,1H3. The molecule has 6 heteroatoms. The minimum atomic E-state index is 0.308. The molecule has 1 aromatic rings. The molecule has 0 fully saturated rings. The van der Waals surface area contributed by atoms with Gasteiger partial charge in [-0.15, -0.1) is 21.5 Å². The molecule has 1 aromatic heterocycles. The van der Waals surface area contributed by atoms with Crippen LogP contribution in [-0.4, -0.2) is 10.2 Å². The number of rotatable bonds is 2. The van der Waals surface area contributed by atoms with Crippen LogP contribution in [0.3, 0.4) is 0 Å². The lowest BCUT2D eigenvalue weighted by atomic mass is 10.7. The molecule has 0 radical (unpaired) electrons. The maximum absolute atomic E-state index is 7.95. The summed E-state index contributed by atoms with van der Waals surface area (Å²) >= 11 is 1.44. The second-order valence-corrected chi connectivity index (χ2v) is 2.87. The molecule has 0 unspecified atom stereocenters. The van der Waals surface area contributed by atoms with Crippen LogP contribution >= 0.6 is 11.3 Å². The third-order valence-corrected chi connectivity index (χ3v) is 1.66. The van der Waals surface area contributed by atoms with Crippen molar-refractivity contribution in [3.05, 3.63) is 20.5 Å². The van der Waals surface area contributed by atoms with Crippen LogP contribution in [0.1, 0.15) is 10.0 Å². The van der Waals surface area contributed by atoms with E-state index in [-0.39, 0.29) is 0 Å². The SMILES string of the molecule is Cc1nnc(CN=[N+]=[N-])s1. The average molecular weight is 155 g/mol. The minimum Gasteiger partial charge on any atom is -0.144 e. The van der Waals surface area contributed by atoms with Crippen molar-refractivity contribution in [3.63, 3.8) is 0 Å². The van der Waals surface area contributed by atoms with E-state index in [9.17, 15) is 0 Å². The molecular formula is C4H5N5S. The van der Waals surface area contributed by atoms with Crippen LogP contribution in [0.15, 0.2) is 5.11 Å². The smallest absolute Gasteiger partial charge is 0.123 e. The van der Waals surface area contributed by atoms with E-state index in [4.69, 9.17) is 5.53 Å². The van der Waals surface area contributed by atoms with E-state index < -0.39 is 0 Å². The number of hydrogen-bond donors (Lipinski definition) is 0. The molecule has 52 valence electrons. The first-order chi connectivity index (χ1) is 4.83. The Morgan fingerprint density at radius 3 is 3.00 bits per heavy atom. The molecule has 0 atom stereocenters. The molecule has 5 nitrogen and oxygen atoms in total. The number of aromatic nitrogens is 2. The predicted molar refractivity (Wildman–Crippen MR) is 37.5 cm³/mol. The van der Waals surface area contributed by atoms with Gasteiger partial charge in [-0.05, 0) is 12.5 Å². The predicted octanol–water partition coefficient (Wildman–Crippen LogP) is 1.66. The number of nitrogens with zero attached hydrogens (tertiary/aromatic N) is 5. The van der Waals surface area contributed by atoms with Gasteiger partial charge in [0.05, 0.1) is 6.54 Å². The Balaban J connectivity index is 2.66. The van der Waals surface area contributed by atoms with Crippen LogP contribution in [0.2, 0.25) is 0 Å². The molecule has 10 heavy (non-hydrogen) atoms. The fourth-order valence-corrected chi connectivity index (χ4v) is 1.12. The second-order valence-electron chi connectivity index (χ2n) is 1.60. The van der Waals surface area contributed by atoms with E-state index in [1.165, 1.54) is 11.3 Å². The third kappa shape index (κ3) is 1.68. The van der Waals surface area contributed by atoms with Crippen molar-refractivity contribution in [2.75, 3.05) is 0 Å². The summed E-state index contributed by atoms with van der Waals surface area (Å²) in [5.41, 5.74) is 7.95. The average Bonchev–Trinajstić information content (AvgIpc) is 2.31. The minimum absolute atomic E-state index is 0.308. The third-order valence-electron chi connectivity index (χ3n) is 0.837. The molecule has 0 aliphatic heterocycles. The number of aryl methyl sites for hydroxylation is 1. The molecule has 1 rings (SSSR count). The Kier molecular flexibility index (Phi) is 2.20. The van der Waals surface area contributed by atoms with Gasteiger partial charge in [-0.3, -0.25) is 0 Å². The zero-order valence-electron chi connectivity index (χ0n) is 5.35. The molecule has 1 heterocycles. The first kappa shape index (κ1) is 6.98. The van der Waals surface area contributed by atoms with Gasteiger partial charge < -0.3 is 0 Å². The highest BCUT2D eigenvalue weighted by atomic mass is 32.1. The fraction of sp³-hybridized carbons (Fsp3) is 0.500. The molecule has 0 spiro atoms. The lowest BCUT2D eigenvalue weighted by molar-refractivity contribution is 0.937. The first-order valence-electron chi connectivity index (χ1n) is 2.63. The van der Waals surface area contributed by atoms with Crippen LogP contribution in [0.25, 0.3) is 10.4 Å². The Labute approximate surface area is 61.3 Å². The molecular weight excluding hydrogens is 150 g/mol. The van der Waals surface area contributed by atoms with E-state index in [0.717, 1.165) is 10.0 Å². The summed E-state index contributed by atoms with van der Waals surface area (Å²) in [5.74, 6) is 0. The van der Waals surface area contributed by atoms with Gasteiger partial charge in [0.25, 0.3) is 0 Å². The zero-order chi connectivity index (χ0) is 7.40. The van der Waals surface area contributed by atoms with Gasteiger partial charge in [0, 0.05) is 4.91 Å². The van der Waals surface area contributed by atoms with Crippen molar-refractivity contribution in [2.45, 2.75) is 13.5 Å². The Morgan fingerprint density at radius 2 is 2.50 bits per heavy atom. The van der Waals surface area contributed by atoms with E-state index in [2.05, 4.69) is 20.2 Å². The van der Waals surface area contributed by atoms with Crippen LogP contribution in [0.4, 0.5) is 0 Å². The summed E-state index contributed by atoms with van der Waals surface area (Å²) in [5, 5.41) is 12.5. The summed E-state index contributed by atoms with van der Waals surface area (Å²) < 4.78 is 0. The maximum atomic E-state index is 7.95. The van der Waals surface area contributed by atoms with Crippen LogP contribution in [0, 0.1) is 6.92 Å². The lowest BCUT2D eigenvalue weighted by Crippen LogP contribution is -1.76. The van der Waals surface area contributed by atoms with Crippen LogP contribution < -0.4 is 0 Å². The molecule has 0 aliphatic rings. The van der Waals surface area contributed by atoms with Gasteiger partial charge >= 0.3 is 0 Å². The van der Waals surface area contributed by atoms with Crippen molar-refractivity contribution >= 4 is 11.3 Å². The van der Waals surface area contributed by atoms with E-state index in [1.54, 1.807) is 0 Å². The van der Waals surface area contributed by atoms with Gasteiger partial charge in [-0.25, -0.2) is 0 Å². The van der Waals surface area contributed by atoms with Crippen LogP contribution in [-0.2, 0) is 6.54 Å². The van der Waals surface area contributed by atoms with E-state index >= 15 is 0 Å². The van der Waals surface area contributed by atoms with E-state index in [0.29, 0.717) is 6.54 Å². The maximum Gasteiger partial charge on any atom is 0.123 e. The van der Waals surface area contributed by atoms with Crippen molar-refractivity contribution in [3.8, 4) is 0 Å². The highest BCUT2D eigenvalue weighted by molar-refractivity contribution is 7.11. The van der Waals surface area contributed by atoms with Gasteiger partial charge in [0.2, 0.25) is 0 Å². The molecule has 0 amide bonds. The summed E-state index contributed by atoms with van der Waals surface area (Å²) in [7, 11) is 0. The van der Waals surface area contributed by atoms with Crippen LogP contribution in [0.5, 0.6) is 0 Å². The van der Waals surface area contributed by atoms with Crippen molar-refractivity contribution < 1.29 is 0 Å². The Bertz CT molecular complexity index is 260. The topological polar surface area (TPSA) is 74.5 Å². The summed E-state index contributed by atoms with van der Waals surface area (Å²) in [6.07, 6.45) is 0. The normalized spacial score (nSPS) is 8.90. The molecule has 0 aliphatic carbocycles. The largest absolute Gasteiger partial charge is 0.144 e.